The van der Waals surface area contributed by atoms with E-state index in [0.29, 0.717) is 10.6 Å². The first-order chi connectivity index (χ1) is 9.14. The quantitative estimate of drug-likeness (QED) is 0.821. The summed E-state index contributed by atoms with van der Waals surface area (Å²) in [5.41, 5.74) is 7.53. The third-order valence-corrected chi connectivity index (χ3v) is 5.63. The normalized spacial score (nSPS) is 18.2. The average molecular weight is 295 g/mol. The van der Waals surface area contributed by atoms with Gasteiger partial charge in [0.15, 0.2) is 0 Å². The van der Waals surface area contributed by atoms with Crippen LogP contribution in [0.2, 0.25) is 0 Å². The van der Waals surface area contributed by atoms with E-state index >= 15 is 0 Å². The van der Waals surface area contributed by atoms with E-state index in [-0.39, 0.29) is 11.4 Å². The van der Waals surface area contributed by atoms with Crippen molar-refractivity contribution < 1.29 is 9.53 Å². The van der Waals surface area contributed by atoms with Crippen LogP contribution in [0.15, 0.2) is 0 Å². The molecule has 1 saturated carbocycles. The molecule has 112 valence electrons. The number of nitrogen functional groups attached to an aromatic ring is 1. The lowest BCUT2D eigenvalue weighted by molar-refractivity contribution is 0.00763. The number of thiophene rings is 1. The summed E-state index contributed by atoms with van der Waals surface area (Å²) >= 11 is 1.53. The van der Waals surface area contributed by atoms with E-state index in [1.807, 2.05) is 27.7 Å². The van der Waals surface area contributed by atoms with Crippen LogP contribution in [-0.2, 0) is 10.2 Å². The molecule has 0 unspecified atom stereocenters. The second kappa shape index (κ2) is 5.06. The monoisotopic (exact) mass is 295 g/mol. The Hall–Kier alpha value is -1.03. The van der Waals surface area contributed by atoms with Crippen molar-refractivity contribution in [3.05, 3.63) is 15.3 Å². The highest BCUT2D eigenvalue weighted by Gasteiger charge is 2.36. The Balaban J connectivity index is 2.35. The highest BCUT2D eigenvalue weighted by molar-refractivity contribution is 7.15. The van der Waals surface area contributed by atoms with E-state index < -0.39 is 5.60 Å². The fraction of sp³-hybridized carbons (Fsp3) is 0.688. The van der Waals surface area contributed by atoms with Gasteiger partial charge in [-0.3, -0.25) is 0 Å². The Morgan fingerprint density at radius 1 is 1.30 bits per heavy atom. The first-order valence-electron chi connectivity index (χ1n) is 7.27. The van der Waals surface area contributed by atoms with Crippen molar-refractivity contribution in [2.24, 2.45) is 0 Å². The largest absolute Gasteiger partial charge is 0.456 e. The topological polar surface area (TPSA) is 52.3 Å². The molecule has 0 amide bonds. The third kappa shape index (κ3) is 2.85. The fourth-order valence-electron chi connectivity index (χ4n) is 2.96. The molecule has 4 heteroatoms. The van der Waals surface area contributed by atoms with Crippen molar-refractivity contribution in [1.82, 2.24) is 0 Å². The smallest absolute Gasteiger partial charge is 0.350 e. The van der Waals surface area contributed by atoms with Crippen molar-refractivity contribution in [2.45, 2.75) is 71.3 Å². The van der Waals surface area contributed by atoms with Crippen LogP contribution in [0.1, 0.15) is 73.5 Å². The summed E-state index contributed by atoms with van der Waals surface area (Å²) in [6.07, 6.45) is 4.88. The lowest BCUT2D eigenvalue weighted by atomic mass is 9.85. The molecule has 0 radical (unpaired) electrons. The van der Waals surface area contributed by atoms with Crippen LogP contribution in [0.5, 0.6) is 0 Å². The summed E-state index contributed by atoms with van der Waals surface area (Å²) in [4.78, 5) is 14.1. The van der Waals surface area contributed by atoms with Crippen molar-refractivity contribution in [1.29, 1.82) is 0 Å². The zero-order valence-corrected chi connectivity index (χ0v) is 13.9. The first kappa shape index (κ1) is 15.4. The van der Waals surface area contributed by atoms with Gasteiger partial charge in [0.05, 0.1) is 5.69 Å². The Morgan fingerprint density at radius 2 is 1.85 bits per heavy atom. The maximum Gasteiger partial charge on any atom is 0.350 e. The van der Waals surface area contributed by atoms with Gasteiger partial charge in [0, 0.05) is 10.3 Å². The van der Waals surface area contributed by atoms with Crippen LogP contribution >= 0.6 is 11.3 Å². The van der Waals surface area contributed by atoms with Crippen LogP contribution in [-0.4, -0.2) is 11.6 Å². The number of nitrogens with two attached hydrogens (primary N) is 1. The molecule has 0 saturated heterocycles. The molecule has 1 aromatic rings. The highest BCUT2D eigenvalue weighted by Crippen LogP contribution is 2.47. The minimum atomic E-state index is -0.487. The van der Waals surface area contributed by atoms with Crippen LogP contribution in [0.25, 0.3) is 0 Å². The molecule has 1 heterocycles. The lowest BCUT2D eigenvalue weighted by Crippen LogP contribution is -2.23. The zero-order chi connectivity index (χ0) is 15.1. The second-order valence-corrected chi connectivity index (χ2v) is 8.09. The minimum absolute atomic E-state index is 0.184. The molecule has 0 atom stereocenters. The van der Waals surface area contributed by atoms with Gasteiger partial charge in [0.2, 0.25) is 0 Å². The summed E-state index contributed by atoms with van der Waals surface area (Å²) in [6.45, 7) is 9.94. The summed E-state index contributed by atoms with van der Waals surface area (Å²) in [7, 11) is 0. The molecule has 1 aliphatic rings. The van der Waals surface area contributed by atoms with Crippen LogP contribution in [0.3, 0.4) is 0 Å². The summed E-state index contributed by atoms with van der Waals surface area (Å²) in [6, 6.07) is 0. The molecule has 3 nitrogen and oxygen atoms in total. The van der Waals surface area contributed by atoms with Gasteiger partial charge in [-0.1, -0.05) is 19.8 Å². The summed E-state index contributed by atoms with van der Waals surface area (Å²) < 4.78 is 5.46. The molecule has 0 aliphatic heterocycles. The molecule has 0 spiro atoms. The van der Waals surface area contributed by atoms with E-state index in [9.17, 15) is 4.79 Å². The van der Waals surface area contributed by atoms with Crippen LogP contribution in [0, 0.1) is 6.92 Å². The molecule has 2 rings (SSSR count). The SMILES string of the molecule is Cc1c(C2(C)CCCC2)sc(C(=O)OC(C)(C)C)c1N. The maximum atomic E-state index is 12.3. The van der Waals surface area contributed by atoms with Gasteiger partial charge >= 0.3 is 5.97 Å². The van der Waals surface area contributed by atoms with Gasteiger partial charge in [0.1, 0.15) is 10.5 Å². The third-order valence-electron chi connectivity index (χ3n) is 4.03. The second-order valence-electron chi connectivity index (χ2n) is 7.07. The molecule has 1 aromatic heterocycles. The van der Waals surface area contributed by atoms with E-state index in [4.69, 9.17) is 10.5 Å². The fourth-order valence-corrected chi connectivity index (χ4v) is 4.27. The molecule has 1 aliphatic carbocycles. The molecule has 0 aromatic carbocycles. The Kier molecular flexibility index (Phi) is 3.89. The minimum Gasteiger partial charge on any atom is -0.456 e. The average Bonchev–Trinajstić information content (AvgIpc) is 2.84. The molecular weight excluding hydrogens is 270 g/mol. The Morgan fingerprint density at radius 3 is 2.35 bits per heavy atom. The Labute approximate surface area is 125 Å². The molecule has 20 heavy (non-hydrogen) atoms. The Bertz CT molecular complexity index is 519. The number of rotatable bonds is 2. The van der Waals surface area contributed by atoms with Gasteiger partial charge in [0.25, 0.3) is 0 Å². The molecular formula is C16H25NO2S. The lowest BCUT2D eigenvalue weighted by Gasteiger charge is -2.23. The standard InChI is InChI=1S/C16H25NO2S/c1-10-11(17)12(14(18)19-15(2,3)4)20-13(10)16(5)8-6-7-9-16/h6-9,17H2,1-5H3. The first-order valence-corrected chi connectivity index (χ1v) is 8.08. The molecule has 1 fully saturated rings. The predicted molar refractivity (Wildman–Crippen MR) is 84.5 cm³/mol. The van der Waals surface area contributed by atoms with Crippen LogP contribution in [0.4, 0.5) is 5.69 Å². The van der Waals surface area contributed by atoms with Gasteiger partial charge < -0.3 is 10.5 Å². The van der Waals surface area contributed by atoms with E-state index in [2.05, 4.69) is 6.92 Å². The number of hydrogen-bond donors (Lipinski definition) is 1. The summed E-state index contributed by atoms with van der Waals surface area (Å²) in [5.74, 6) is -0.295. The number of hydrogen-bond acceptors (Lipinski definition) is 4. The van der Waals surface area contributed by atoms with Gasteiger partial charge in [-0.15, -0.1) is 11.3 Å². The number of carbonyl (C=O) groups excluding carboxylic acids is 1. The molecule has 0 bridgehead atoms. The summed E-state index contributed by atoms with van der Waals surface area (Å²) in [5, 5.41) is 0. The van der Waals surface area contributed by atoms with E-state index in [0.717, 1.165) is 5.56 Å². The van der Waals surface area contributed by atoms with E-state index in [1.165, 1.54) is 41.9 Å². The predicted octanol–water partition coefficient (Wildman–Crippen LogP) is 4.43. The number of esters is 1. The number of carbonyl (C=O) groups is 1. The number of ether oxygens (including phenoxy) is 1. The van der Waals surface area contributed by atoms with Crippen molar-refractivity contribution in [2.75, 3.05) is 5.73 Å². The maximum absolute atomic E-state index is 12.3. The van der Waals surface area contributed by atoms with E-state index in [1.54, 1.807) is 0 Å². The zero-order valence-electron chi connectivity index (χ0n) is 13.1. The number of anilines is 1. The van der Waals surface area contributed by atoms with Crippen LogP contribution < -0.4 is 5.73 Å². The van der Waals surface area contributed by atoms with Gasteiger partial charge in [-0.25, -0.2) is 4.79 Å². The highest BCUT2D eigenvalue weighted by atomic mass is 32.1. The van der Waals surface area contributed by atoms with Crippen molar-refractivity contribution in [3.8, 4) is 0 Å². The van der Waals surface area contributed by atoms with Gasteiger partial charge in [-0.2, -0.15) is 0 Å². The van der Waals surface area contributed by atoms with Gasteiger partial charge in [-0.05, 0) is 46.1 Å². The molecule has 2 N–H and O–H groups in total. The van der Waals surface area contributed by atoms with Crippen molar-refractivity contribution in [3.63, 3.8) is 0 Å². The van der Waals surface area contributed by atoms with Crippen molar-refractivity contribution >= 4 is 23.0 Å².